The largest absolute Gasteiger partial charge is 0.448 e. The van der Waals surface area contributed by atoms with Gasteiger partial charge in [-0.25, -0.2) is 4.98 Å². The Morgan fingerprint density at radius 2 is 1.79 bits per heavy atom. The quantitative estimate of drug-likeness (QED) is 0.216. The van der Waals surface area contributed by atoms with Crippen molar-refractivity contribution in [3.63, 3.8) is 0 Å². The predicted molar refractivity (Wildman–Crippen MR) is 195 cm³/mol. The molecule has 2 aromatic heterocycles. The summed E-state index contributed by atoms with van der Waals surface area (Å²) >= 11 is 1.45. The fraction of sp³-hybridized carbons (Fsp3) is 0.553. The number of rotatable bonds is 10. The smallest absolute Gasteiger partial charge is 0.389 e. The lowest BCUT2D eigenvalue weighted by molar-refractivity contribution is -0.137. The fourth-order valence-corrected chi connectivity index (χ4v) is 8.29. The number of pyridine rings is 2. The number of halogens is 3. The minimum atomic E-state index is -4.15. The number of piperidine rings is 1. The number of hydrogen-bond acceptors (Lipinski definition) is 9. The number of nitrogens with zero attached hydrogens (tertiary/aromatic N) is 3. The first-order valence-electron chi connectivity index (χ1n) is 17.9. The molecule has 1 aromatic carbocycles. The maximum absolute atomic E-state index is 13.9. The molecule has 3 aliphatic rings. The summed E-state index contributed by atoms with van der Waals surface area (Å²) in [7, 11) is 0. The number of H-pyrrole nitrogens is 1. The molecule has 0 bridgehead atoms. The van der Waals surface area contributed by atoms with Crippen molar-refractivity contribution >= 4 is 23.5 Å². The van der Waals surface area contributed by atoms with E-state index in [1.165, 1.54) is 11.8 Å². The Balaban J connectivity index is 1.28. The molecule has 52 heavy (non-hydrogen) atoms. The minimum absolute atomic E-state index is 0.0349. The van der Waals surface area contributed by atoms with E-state index in [1.54, 1.807) is 12.3 Å². The van der Waals surface area contributed by atoms with Crippen LogP contribution in [-0.2, 0) is 11.3 Å². The van der Waals surface area contributed by atoms with Crippen molar-refractivity contribution in [1.29, 1.82) is 0 Å². The van der Waals surface area contributed by atoms with E-state index < -0.39 is 18.4 Å². The van der Waals surface area contributed by atoms with Gasteiger partial charge in [0.15, 0.2) is 11.5 Å². The minimum Gasteiger partial charge on any atom is -0.448 e. The molecule has 5 heterocycles. The highest BCUT2D eigenvalue weighted by molar-refractivity contribution is 7.98. The average Bonchev–Trinajstić information content (AvgIpc) is 3.46. The van der Waals surface area contributed by atoms with Crippen LogP contribution in [0.4, 0.5) is 19.0 Å². The molecular formula is C38H48F3N5O5S. The van der Waals surface area contributed by atoms with Crippen LogP contribution in [0, 0.1) is 19.8 Å². The molecule has 0 spiro atoms. The van der Waals surface area contributed by atoms with Crippen molar-refractivity contribution in [2.24, 2.45) is 5.92 Å². The molecule has 3 aromatic rings. The Morgan fingerprint density at radius 3 is 2.42 bits per heavy atom. The van der Waals surface area contributed by atoms with Crippen molar-refractivity contribution in [3.8, 4) is 22.6 Å². The van der Waals surface area contributed by atoms with Gasteiger partial charge in [-0.3, -0.25) is 9.59 Å². The third-order valence-corrected chi connectivity index (χ3v) is 11.1. The number of carbonyl (C=O) groups is 1. The molecule has 0 radical (unpaired) electrons. The molecule has 14 heteroatoms. The number of hydrogen-bond donors (Lipinski definition) is 2. The van der Waals surface area contributed by atoms with E-state index in [2.05, 4.69) is 20.1 Å². The topological polar surface area (TPSA) is 109 Å². The lowest BCUT2D eigenvalue weighted by Gasteiger charge is -2.39. The number of thioether (sulfide) groups is 1. The molecule has 6 rings (SSSR count). The molecule has 0 aliphatic carbocycles. The number of amides is 1. The van der Waals surface area contributed by atoms with Gasteiger partial charge in [0.2, 0.25) is 0 Å². The second-order valence-electron chi connectivity index (χ2n) is 14.4. The van der Waals surface area contributed by atoms with Gasteiger partial charge in [0, 0.05) is 83.5 Å². The summed E-state index contributed by atoms with van der Waals surface area (Å²) in [6, 6.07) is 7.62. The number of benzene rings is 1. The van der Waals surface area contributed by atoms with Crippen LogP contribution < -0.4 is 25.2 Å². The number of morpholine rings is 1. The van der Waals surface area contributed by atoms with Gasteiger partial charge in [-0.05, 0) is 97.1 Å². The Bertz CT molecular complexity index is 1820. The highest BCUT2D eigenvalue weighted by Crippen LogP contribution is 2.52. The van der Waals surface area contributed by atoms with Crippen LogP contribution in [0.2, 0.25) is 0 Å². The van der Waals surface area contributed by atoms with Crippen LogP contribution in [0.15, 0.2) is 40.2 Å². The summed E-state index contributed by atoms with van der Waals surface area (Å²) in [5.41, 5.74) is 3.37. The summed E-state index contributed by atoms with van der Waals surface area (Å²) in [4.78, 5) is 39.4. The summed E-state index contributed by atoms with van der Waals surface area (Å²) < 4.78 is 57.5. The molecule has 0 saturated carbocycles. The first-order chi connectivity index (χ1) is 24.6. The van der Waals surface area contributed by atoms with Crippen molar-refractivity contribution in [2.75, 3.05) is 43.9 Å². The number of aryl methyl sites for hydroxylation is 1. The van der Waals surface area contributed by atoms with Gasteiger partial charge in [0.05, 0.1) is 12.2 Å². The summed E-state index contributed by atoms with van der Waals surface area (Å²) in [5, 5.41) is 2.96. The number of alkyl halides is 3. The van der Waals surface area contributed by atoms with E-state index in [0.717, 1.165) is 35.1 Å². The molecule has 10 nitrogen and oxygen atoms in total. The average molecular weight is 744 g/mol. The third kappa shape index (κ3) is 8.39. The molecule has 3 atom stereocenters. The Morgan fingerprint density at radius 1 is 1.10 bits per heavy atom. The molecule has 2 fully saturated rings. The van der Waals surface area contributed by atoms with Crippen molar-refractivity contribution < 1.29 is 32.2 Å². The zero-order valence-corrected chi connectivity index (χ0v) is 31.4. The van der Waals surface area contributed by atoms with Crippen molar-refractivity contribution in [2.45, 2.75) is 95.9 Å². The molecule has 282 valence electrons. The van der Waals surface area contributed by atoms with E-state index >= 15 is 0 Å². The highest BCUT2D eigenvalue weighted by Gasteiger charge is 2.47. The van der Waals surface area contributed by atoms with E-state index in [1.807, 2.05) is 59.1 Å². The van der Waals surface area contributed by atoms with Crippen molar-refractivity contribution in [1.82, 2.24) is 20.2 Å². The van der Waals surface area contributed by atoms with E-state index in [9.17, 15) is 22.8 Å². The van der Waals surface area contributed by atoms with Gasteiger partial charge in [0.25, 0.3) is 17.3 Å². The van der Waals surface area contributed by atoms with Crippen LogP contribution >= 0.6 is 11.8 Å². The molecule has 2 N–H and O–H groups in total. The molecule has 2 saturated heterocycles. The summed E-state index contributed by atoms with van der Waals surface area (Å²) in [6.07, 6.45) is 0.328. The Kier molecular flexibility index (Phi) is 11.2. The number of aromatic nitrogens is 2. The molecule has 1 unspecified atom stereocenters. The molecule has 1 amide bonds. The number of likely N-dealkylation sites (tertiary alicyclic amines) is 1. The number of fused-ring (bicyclic) bond motifs is 1. The first kappa shape index (κ1) is 38.0. The van der Waals surface area contributed by atoms with E-state index in [4.69, 9.17) is 19.2 Å². The van der Waals surface area contributed by atoms with Crippen LogP contribution in [-0.4, -0.2) is 83.9 Å². The third-order valence-electron chi connectivity index (χ3n) is 10.3. The van der Waals surface area contributed by atoms with Gasteiger partial charge in [-0.1, -0.05) is 0 Å². The van der Waals surface area contributed by atoms with E-state index in [0.29, 0.717) is 66.2 Å². The van der Waals surface area contributed by atoms with Crippen molar-refractivity contribution in [3.05, 3.63) is 63.2 Å². The number of anilines is 1. The predicted octanol–water partition coefficient (Wildman–Crippen LogP) is 6.86. The number of aromatic amines is 1. The Hall–Kier alpha value is -3.75. The Labute approximate surface area is 306 Å². The standard InChI is InChI=1S/C38H48F3N5O5S/c1-22-16-31(52-6)30(36(48)44-22)19-43-35(47)28-17-29(26-8-9-32(42-18-26)46-20-23(2)49-24(3)21-46)34-33(25(28)4)50-37(5,51-34)27-10-14-45(15-11-27)13-7-12-38(39,40)41/h8-9,16-18,23-24,27H,7,10-15,19-21H2,1-6H3,(H,43,47)(H,44,48)/t23-,24+,37?. The maximum atomic E-state index is 13.9. The zero-order chi connectivity index (χ0) is 37.4. The SMILES string of the molecule is CSc1cc(C)[nH]c(=O)c1CNC(=O)c1cc(-c2ccc(N3C[C@@H](C)O[C@@H](C)C3)nc2)c2c(c1C)OC(C)(C1CCN(CCCC(F)(F)F)CC1)O2. The van der Waals surface area contributed by atoms with Crippen LogP contribution in [0.5, 0.6) is 11.5 Å². The first-order valence-corrected chi connectivity index (χ1v) is 19.1. The second kappa shape index (κ2) is 15.3. The number of ether oxygens (including phenoxy) is 3. The second-order valence-corrected chi connectivity index (χ2v) is 15.2. The summed E-state index contributed by atoms with van der Waals surface area (Å²) in [5.74, 6) is 0.364. The van der Waals surface area contributed by atoms with Crippen LogP contribution in [0.25, 0.3) is 11.1 Å². The van der Waals surface area contributed by atoms with Gasteiger partial charge >= 0.3 is 6.18 Å². The van der Waals surface area contributed by atoms with E-state index in [-0.39, 0.29) is 42.6 Å². The number of carbonyl (C=O) groups excluding carboxylic acids is 1. The lowest BCUT2D eigenvalue weighted by atomic mass is 9.89. The van der Waals surface area contributed by atoms with Crippen LogP contribution in [0.3, 0.4) is 0 Å². The summed E-state index contributed by atoms with van der Waals surface area (Å²) in [6.45, 7) is 12.8. The fourth-order valence-electron chi connectivity index (χ4n) is 7.58. The van der Waals surface area contributed by atoms with Gasteiger partial charge in [-0.2, -0.15) is 13.2 Å². The maximum Gasteiger partial charge on any atom is 0.389 e. The highest BCUT2D eigenvalue weighted by atomic mass is 32.2. The monoisotopic (exact) mass is 743 g/mol. The number of nitrogens with one attached hydrogen (secondary N) is 2. The molecular weight excluding hydrogens is 696 g/mol. The van der Waals surface area contributed by atoms with Gasteiger partial charge in [-0.15, -0.1) is 11.8 Å². The van der Waals surface area contributed by atoms with Gasteiger partial charge < -0.3 is 34.3 Å². The van der Waals surface area contributed by atoms with Crippen LogP contribution in [0.1, 0.15) is 73.6 Å². The van der Waals surface area contributed by atoms with Gasteiger partial charge in [0.1, 0.15) is 5.82 Å². The lowest BCUT2D eigenvalue weighted by Crippen LogP contribution is -2.48. The normalized spacial score (nSPS) is 22.5. The molecule has 3 aliphatic heterocycles. The zero-order valence-electron chi connectivity index (χ0n) is 30.6.